The van der Waals surface area contributed by atoms with E-state index in [0.29, 0.717) is 5.02 Å². The summed E-state index contributed by atoms with van der Waals surface area (Å²) < 4.78 is 11.2. The van der Waals surface area contributed by atoms with Gasteiger partial charge in [-0.25, -0.2) is 9.59 Å². The minimum atomic E-state index is -1.11. The Morgan fingerprint density at radius 2 is 1.62 bits per heavy atom. The zero-order valence-corrected chi connectivity index (χ0v) is 18.2. The van der Waals surface area contributed by atoms with Crippen LogP contribution in [0.1, 0.15) is 27.4 Å². The van der Waals surface area contributed by atoms with Crippen molar-refractivity contribution in [3.05, 3.63) is 88.4 Å². The maximum atomic E-state index is 12.5. The summed E-state index contributed by atoms with van der Waals surface area (Å²) in [4.78, 5) is 25.2. The largest absolute Gasteiger partial charge is 0.491 e. The monoisotopic (exact) mass is 451 g/mol. The third-order valence-electron chi connectivity index (χ3n) is 5.51. The fourth-order valence-electron chi connectivity index (χ4n) is 3.88. The van der Waals surface area contributed by atoms with E-state index in [9.17, 15) is 14.7 Å². The lowest BCUT2D eigenvalue weighted by molar-refractivity contribution is 0.0690. The van der Waals surface area contributed by atoms with Gasteiger partial charge in [0, 0.05) is 18.0 Å². The number of halogens is 1. The second kappa shape index (κ2) is 9.32. The predicted molar refractivity (Wildman–Crippen MR) is 122 cm³/mol. The van der Waals surface area contributed by atoms with Gasteiger partial charge in [0.2, 0.25) is 0 Å². The Morgan fingerprint density at radius 1 is 1.00 bits per heavy atom. The summed E-state index contributed by atoms with van der Waals surface area (Å²) in [5.41, 5.74) is 4.64. The number of carboxylic acid groups (broad SMARTS) is 1. The Kier molecular flexibility index (Phi) is 6.32. The number of ether oxygens (including phenoxy) is 2. The molecule has 0 radical (unpaired) electrons. The molecule has 6 nitrogen and oxygen atoms in total. The summed E-state index contributed by atoms with van der Waals surface area (Å²) in [7, 11) is 1.61. The second-order valence-electron chi connectivity index (χ2n) is 7.52. The van der Waals surface area contributed by atoms with Gasteiger partial charge < -0.3 is 19.5 Å². The number of hydrogen-bond donors (Lipinski definition) is 1. The van der Waals surface area contributed by atoms with Crippen LogP contribution in [0.2, 0.25) is 5.02 Å². The lowest BCUT2D eigenvalue weighted by atomic mass is 9.98. The minimum Gasteiger partial charge on any atom is -0.491 e. The first-order valence-electron chi connectivity index (χ1n) is 10.2. The molecule has 4 rings (SSSR count). The average molecular weight is 452 g/mol. The maximum absolute atomic E-state index is 12.5. The third-order valence-corrected chi connectivity index (χ3v) is 5.74. The molecule has 0 saturated heterocycles. The van der Waals surface area contributed by atoms with E-state index in [1.165, 1.54) is 34.2 Å². The van der Waals surface area contributed by atoms with Crippen LogP contribution in [-0.2, 0) is 4.74 Å². The second-order valence-corrected chi connectivity index (χ2v) is 7.96. The van der Waals surface area contributed by atoms with Gasteiger partial charge >= 0.3 is 12.1 Å². The van der Waals surface area contributed by atoms with Crippen LogP contribution in [0.4, 0.5) is 4.79 Å². The van der Waals surface area contributed by atoms with Crippen LogP contribution in [-0.4, -0.2) is 48.9 Å². The number of carbonyl (C=O) groups is 2. The number of benzene rings is 3. The predicted octanol–water partition coefficient (Wildman–Crippen LogP) is 5.30. The molecule has 1 aliphatic carbocycles. The Hall–Kier alpha value is -3.51. The van der Waals surface area contributed by atoms with Crippen LogP contribution < -0.4 is 4.74 Å². The van der Waals surface area contributed by atoms with Gasteiger partial charge in [0.1, 0.15) is 24.5 Å². The molecule has 0 saturated carbocycles. The van der Waals surface area contributed by atoms with E-state index in [4.69, 9.17) is 21.1 Å². The first kappa shape index (κ1) is 21.7. The van der Waals surface area contributed by atoms with E-state index in [0.717, 1.165) is 11.1 Å². The van der Waals surface area contributed by atoms with Crippen molar-refractivity contribution in [2.24, 2.45) is 0 Å². The molecule has 1 aliphatic rings. The summed E-state index contributed by atoms with van der Waals surface area (Å²) in [6, 6.07) is 20.6. The number of likely N-dealkylation sites (N-methyl/N-ethyl adjacent to an activating group) is 1. The normalized spacial score (nSPS) is 12.1. The fourth-order valence-corrected chi connectivity index (χ4v) is 4.04. The maximum Gasteiger partial charge on any atom is 0.409 e. The van der Waals surface area contributed by atoms with E-state index in [1.54, 1.807) is 7.05 Å². The van der Waals surface area contributed by atoms with Crippen molar-refractivity contribution in [1.29, 1.82) is 0 Å². The highest BCUT2D eigenvalue weighted by molar-refractivity contribution is 6.30. The van der Waals surface area contributed by atoms with Crippen LogP contribution in [0.15, 0.2) is 66.7 Å². The zero-order valence-electron chi connectivity index (χ0n) is 17.5. The first-order chi connectivity index (χ1) is 15.5. The van der Waals surface area contributed by atoms with Crippen LogP contribution in [0, 0.1) is 0 Å². The Morgan fingerprint density at radius 3 is 2.25 bits per heavy atom. The van der Waals surface area contributed by atoms with Gasteiger partial charge in [-0.15, -0.1) is 0 Å². The van der Waals surface area contributed by atoms with Crippen LogP contribution in [0.3, 0.4) is 0 Å². The molecular formula is C25H22ClNO5. The Bertz CT molecular complexity index is 1120. The van der Waals surface area contributed by atoms with Crippen molar-refractivity contribution in [2.75, 3.05) is 26.8 Å². The third kappa shape index (κ3) is 4.41. The van der Waals surface area contributed by atoms with Crippen LogP contribution in [0.25, 0.3) is 11.1 Å². The highest BCUT2D eigenvalue weighted by Crippen LogP contribution is 2.44. The SMILES string of the molecule is CN(CCOc1cc(Cl)ccc1C(=O)O)C(=O)OCC1c2ccccc2-c2ccccc21. The van der Waals surface area contributed by atoms with Gasteiger partial charge in [-0.05, 0) is 40.5 Å². The lowest BCUT2D eigenvalue weighted by Gasteiger charge is -2.20. The van der Waals surface area contributed by atoms with Gasteiger partial charge in [-0.2, -0.15) is 0 Å². The molecule has 1 N–H and O–H groups in total. The number of rotatable bonds is 7. The fraction of sp³-hybridized carbons (Fsp3) is 0.200. The lowest BCUT2D eigenvalue weighted by Crippen LogP contribution is -2.32. The molecule has 3 aromatic rings. The summed E-state index contributed by atoms with van der Waals surface area (Å²) in [6.07, 6.45) is -0.472. The van der Waals surface area contributed by atoms with Gasteiger partial charge in [-0.1, -0.05) is 60.1 Å². The quantitative estimate of drug-likeness (QED) is 0.527. The van der Waals surface area contributed by atoms with E-state index in [-0.39, 0.29) is 37.0 Å². The number of fused-ring (bicyclic) bond motifs is 3. The summed E-state index contributed by atoms with van der Waals surface area (Å²) in [5.74, 6) is -0.965. The smallest absolute Gasteiger partial charge is 0.409 e. The zero-order chi connectivity index (χ0) is 22.7. The minimum absolute atomic E-state index is 0.0122. The van der Waals surface area contributed by atoms with E-state index >= 15 is 0 Å². The summed E-state index contributed by atoms with van der Waals surface area (Å²) >= 11 is 5.93. The van der Waals surface area contributed by atoms with Gasteiger partial charge in [-0.3, -0.25) is 0 Å². The van der Waals surface area contributed by atoms with Gasteiger partial charge in [0.05, 0.1) is 6.54 Å². The highest BCUT2D eigenvalue weighted by atomic mass is 35.5. The molecule has 0 unspecified atom stereocenters. The van der Waals surface area contributed by atoms with Crippen LogP contribution >= 0.6 is 11.6 Å². The number of nitrogens with zero attached hydrogens (tertiary/aromatic N) is 1. The van der Waals surface area contributed by atoms with Gasteiger partial charge in [0.15, 0.2) is 0 Å². The standard InChI is InChI=1S/C25H22ClNO5/c1-27(12-13-31-23-14-16(26)10-11-21(23)24(28)29)25(30)32-15-22-19-8-4-2-6-17(19)18-7-3-5-9-20(18)22/h2-11,14,22H,12-13,15H2,1H3,(H,28,29). The molecule has 0 spiro atoms. The molecule has 0 aliphatic heterocycles. The molecule has 7 heteroatoms. The number of aromatic carboxylic acids is 1. The van der Waals surface area contributed by atoms with Crippen molar-refractivity contribution < 1.29 is 24.2 Å². The summed E-state index contributed by atoms with van der Waals surface area (Å²) in [6.45, 7) is 0.555. The molecule has 32 heavy (non-hydrogen) atoms. The molecule has 0 bridgehead atoms. The number of amides is 1. The molecular weight excluding hydrogens is 430 g/mol. The summed E-state index contributed by atoms with van der Waals surface area (Å²) in [5, 5.41) is 9.63. The van der Waals surface area contributed by atoms with E-state index < -0.39 is 12.1 Å². The first-order valence-corrected chi connectivity index (χ1v) is 10.5. The van der Waals surface area contributed by atoms with Crippen LogP contribution in [0.5, 0.6) is 5.75 Å². The van der Waals surface area contributed by atoms with E-state index in [2.05, 4.69) is 24.3 Å². The van der Waals surface area contributed by atoms with Gasteiger partial charge in [0.25, 0.3) is 0 Å². The van der Waals surface area contributed by atoms with Crippen molar-refractivity contribution >= 4 is 23.7 Å². The molecule has 0 atom stereocenters. The Balaban J connectivity index is 1.34. The van der Waals surface area contributed by atoms with Crippen molar-refractivity contribution in [2.45, 2.75) is 5.92 Å². The number of carboxylic acids is 1. The molecule has 0 aromatic heterocycles. The molecule has 0 fully saturated rings. The molecule has 1 amide bonds. The van der Waals surface area contributed by atoms with Crippen molar-refractivity contribution in [3.8, 4) is 16.9 Å². The molecule has 0 heterocycles. The van der Waals surface area contributed by atoms with E-state index in [1.807, 2.05) is 24.3 Å². The van der Waals surface area contributed by atoms with Crippen molar-refractivity contribution in [1.82, 2.24) is 4.90 Å². The number of hydrogen-bond acceptors (Lipinski definition) is 4. The Labute approximate surface area is 191 Å². The molecule has 164 valence electrons. The molecule has 3 aromatic carbocycles. The number of carbonyl (C=O) groups excluding carboxylic acids is 1. The highest BCUT2D eigenvalue weighted by Gasteiger charge is 2.29. The van der Waals surface area contributed by atoms with Crippen molar-refractivity contribution in [3.63, 3.8) is 0 Å². The average Bonchev–Trinajstić information content (AvgIpc) is 3.11. The topological polar surface area (TPSA) is 76.1 Å².